The molecule has 144 valence electrons. The Labute approximate surface area is 168 Å². The molecular formula is C26H22O3. The van der Waals surface area contributed by atoms with E-state index in [-0.39, 0.29) is 11.7 Å². The van der Waals surface area contributed by atoms with Crippen LogP contribution in [0.25, 0.3) is 50.1 Å². The van der Waals surface area contributed by atoms with Crippen LogP contribution < -0.4 is 0 Å². The molecule has 0 saturated heterocycles. The van der Waals surface area contributed by atoms with E-state index < -0.39 is 0 Å². The lowest BCUT2D eigenvalue weighted by Crippen LogP contribution is -1.86. The van der Waals surface area contributed by atoms with Gasteiger partial charge in [0.25, 0.3) is 0 Å². The van der Waals surface area contributed by atoms with Gasteiger partial charge in [-0.15, -0.1) is 0 Å². The number of hydrogen-bond acceptors (Lipinski definition) is 3. The fourth-order valence-corrected chi connectivity index (χ4v) is 4.14. The summed E-state index contributed by atoms with van der Waals surface area (Å²) >= 11 is 0. The van der Waals surface area contributed by atoms with Gasteiger partial charge in [-0.25, -0.2) is 0 Å². The fraction of sp³-hybridized carbons (Fsp3) is 0.154. The molecule has 1 N–H and O–H groups in total. The van der Waals surface area contributed by atoms with E-state index in [1.54, 1.807) is 12.1 Å². The number of phenols is 1. The number of allylic oxidation sites excluding steroid dienone is 1. The Morgan fingerprint density at radius 2 is 1.52 bits per heavy atom. The highest BCUT2D eigenvalue weighted by Crippen LogP contribution is 2.42. The zero-order valence-corrected chi connectivity index (χ0v) is 16.7. The van der Waals surface area contributed by atoms with Gasteiger partial charge >= 0.3 is 0 Å². The Kier molecular flexibility index (Phi) is 3.99. The molecule has 0 unspecified atom stereocenters. The molecule has 29 heavy (non-hydrogen) atoms. The van der Waals surface area contributed by atoms with Crippen LogP contribution in [-0.4, -0.2) is 5.11 Å². The van der Waals surface area contributed by atoms with Crippen molar-refractivity contribution in [3.8, 4) is 16.9 Å². The van der Waals surface area contributed by atoms with Gasteiger partial charge < -0.3 is 13.9 Å². The number of aromatic hydroxyl groups is 1. The van der Waals surface area contributed by atoms with E-state index in [1.165, 1.54) is 0 Å². The van der Waals surface area contributed by atoms with Crippen molar-refractivity contribution in [2.24, 2.45) is 0 Å². The van der Waals surface area contributed by atoms with Crippen LogP contribution in [0.5, 0.6) is 5.75 Å². The molecule has 3 heteroatoms. The lowest BCUT2D eigenvalue weighted by Gasteiger charge is -2.04. The van der Waals surface area contributed by atoms with Gasteiger partial charge in [0.15, 0.2) is 0 Å². The summed E-state index contributed by atoms with van der Waals surface area (Å²) < 4.78 is 12.6. The Morgan fingerprint density at radius 1 is 0.828 bits per heavy atom. The zero-order chi connectivity index (χ0) is 20.1. The maximum absolute atomic E-state index is 9.84. The topological polar surface area (TPSA) is 46.5 Å². The van der Waals surface area contributed by atoms with Crippen molar-refractivity contribution in [1.82, 2.24) is 0 Å². The number of para-hydroxylation sites is 2. The molecule has 0 aliphatic heterocycles. The number of fused-ring (bicyclic) bond motifs is 4. The van der Waals surface area contributed by atoms with Crippen LogP contribution in [0.2, 0.25) is 0 Å². The first-order chi connectivity index (χ1) is 14.1. The van der Waals surface area contributed by atoms with Crippen molar-refractivity contribution < 1.29 is 13.9 Å². The van der Waals surface area contributed by atoms with E-state index >= 15 is 0 Å². The van der Waals surface area contributed by atoms with Crippen LogP contribution in [0.15, 0.2) is 69.5 Å². The molecule has 0 atom stereocenters. The van der Waals surface area contributed by atoms with Crippen molar-refractivity contribution in [2.75, 3.05) is 0 Å². The van der Waals surface area contributed by atoms with E-state index in [0.29, 0.717) is 5.58 Å². The average molecular weight is 382 g/mol. The molecule has 0 bridgehead atoms. The maximum Gasteiger partial charge on any atom is 0.143 e. The Bertz CT molecular complexity index is 1400. The van der Waals surface area contributed by atoms with Crippen molar-refractivity contribution >= 4 is 39.0 Å². The quantitative estimate of drug-likeness (QED) is 0.345. The second kappa shape index (κ2) is 6.56. The second-order valence-electron chi connectivity index (χ2n) is 7.68. The summed E-state index contributed by atoms with van der Waals surface area (Å²) in [5.41, 5.74) is 5.49. The summed E-state index contributed by atoms with van der Waals surface area (Å²) in [5.74, 6) is 1.47. The zero-order valence-electron chi connectivity index (χ0n) is 16.7. The van der Waals surface area contributed by atoms with Crippen LogP contribution in [0, 0.1) is 0 Å². The predicted molar refractivity (Wildman–Crippen MR) is 119 cm³/mol. The van der Waals surface area contributed by atoms with E-state index in [2.05, 4.69) is 56.3 Å². The largest absolute Gasteiger partial charge is 0.508 e. The lowest BCUT2D eigenvalue weighted by molar-refractivity contribution is 0.475. The summed E-state index contributed by atoms with van der Waals surface area (Å²) in [6.07, 6.45) is 4.17. The van der Waals surface area contributed by atoms with Crippen molar-refractivity contribution in [3.05, 3.63) is 72.0 Å². The highest BCUT2D eigenvalue weighted by Gasteiger charge is 2.20. The summed E-state index contributed by atoms with van der Waals surface area (Å²) in [7, 11) is 0. The van der Waals surface area contributed by atoms with E-state index in [1.807, 2.05) is 19.1 Å². The highest BCUT2D eigenvalue weighted by atomic mass is 16.3. The van der Waals surface area contributed by atoms with Gasteiger partial charge in [0, 0.05) is 44.8 Å². The summed E-state index contributed by atoms with van der Waals surface area (Å²) in [6.45, 7) is 6.32. The van der Waals surface area contributed by atoms with E-state index in [4.69, 9.17) is 8.83 Å². The number of furan rings is 2. The third kappa shape index (κ3) is 2.65. The predicted octanol–water partition coefficient (Wildman–Crippen LogP) is 7.86. The molecule has 5 aromatic rings. The minimum Gasteiger partial charge on any atom is -0.508 e. The molecule has 0 amide bonds. The molecular weight excluding hydrogens is 360 g/mol. The number of benzene rings is 3. The highest BCUT2D eigenvalue weighted by molar-refractivity contribution is 6.12. The summed E-state index contributed by atoms with van der Waals surface area (Å²) in [6, 6.07) is 17.7. The molecule has 2 aromatic heterocycles. The Balaban J connectivity index is 1.85. The molecule has 2 heterocycles. The molecule has 5 rings (SSSR count). The summed E-state index contributed by atoms with van der Waals surface area (Å²) in [4.78, 5) is 0. The number of hydrogen-bond donors (Lipinski definition) is 1. The van der Waals surface area contributed by atoms with Gasteiger partial charge in [0.05, 0.1) is 0 Å². The van der Waals surface area contributed by atoms with E-state index in [0.717, 1.165) is 49.8 Å². The van der Waals surface area contributed by atoms with Crippen molar-refractivity contribution in [1.29, 1.82) is 0 Å². The SMILES string of the molecule is C/C=C\c1c(C(C)C)oc2c(-c3cccc4c3oc3cc(O)ccc34)cccc12. The first-order valence-electron chi connectivity index (χ1n) is 9.91. The molecule has 0 spiro atoms. The molecule has 0 saturated carbocycles. The minimum absolute atomic E-state index is 0.198. The number of phenolic OH excluding ortho intramolecular Hbond substituents is 1. The smallest absolute Gasteiger partial charge is 0.143 e. The molecule has 3 nitrogen and oxygen atoms in total. The molecule has 0 fully saturated rings. The Hall–Kier alpha value is -3.46. The van der Waals surface area contributed by atoms with Crippen molar-refractivity contribution in [3.63, 3.8) is 0 Å². The van der Waals surface area contributed by atoms with Crippen LogP contribution >= 0.6 is 0 Å². The van der Waals surface area contributed by atoms with Crippen LogP contribution in [0.3, 0.4) is 0 Å². The average Bonchev–Trinajstić information content (AvgIpc) is 3.26. The molecule has 0 radical (unpaired) electrons. The lowest BCUT2D eigenvalue weighted by atomic mass is 9.98. The van der Waals surface area contributed by atoms with Gasteiger partial charge in [-0.05, 0) is 19.1 Å². The van der Waals surface area contributed by atoms with Gasteiger partial charge in [0.1, 0.15) is 28.3 Å². The normalized spacial score (nSPS) is 12.3. The standard InChI is InChI=1S/C26H22O3/c1-4-7-18-20-9-6-11-22(26(20)29-24(18)15(2)3)21-10-5-8-19-17-13-12-16(27)14-23(17)28-25(19)21/h4-15,27H,1-3H3/b7-4-. The van der Waals surface area contributed by atoms with Crippen LogP contribution in [0.4, 0.5) is 0 Å². The van der Waals surface area contributed by atoms with Crippen LogP contribution in [0.1, 0.15) is 38.0 Å². The van der Waals surface area contributed by atoms with Crippen molar-refractivity contribution in [2.45, 2.75) is 26.7 Å². The van der Waals surface area contributed by atoms with Gasteiger partial charge in [0.2, 0.25) is 0 Å². The molecule has 0 aliphatic rings. The second-order valence-corrected chi connectivity index (χ2v) is 7.68. The molecule has 0 aliphatic carbocycles. The van der Waals surface area contributed by atoms with Crippen LogP contribution in [-0.2, 0) is 0 Å². The van der Waals surface area contributed by atoms with Gasteiger partial charge in [-0.1, -0.05) is 62.4 Å². The monoisotopic (exact) mass is 382 g/mol. The molecule has 3 aromatic carbocycles. The van der Waals surface area contributed by atoms with Gasteiger partial charge in [-0.2, -0.15) is 0 Å². The third-order valence-corrected chi connectivity index (χ3v) is 5.41. The first kappa shape index (κ1) is 17.6. The summed E-state index contributed by atoms with van der Waals surface area (Å²) in [5, 5.41) is 13.0. The minimum atomic E-state index is 0.198. The Morgan fingerprint density at radius 3 is 2.21 bits per heavy atom. The van der Waals surface area contributed by atoms with E-state index in [9.17, 15) is 5.11 Å². The first-order valence-corrected chi connectivity index (χ1v) is 9.91. The third-order valence-electron chi connectivity index (χ3n) is 5.41. The maximum atomic E-state index is 9.84. The fourth-order valence-electron chi connectivity index (χ4n) is 4.14. The number of rotatable bonds is 3. The van der Waals surface area contributed by atoms with Gasteiger partial charge in [-0.3, -0.25) is 0 Å².